The highest BCUT2D eigenvalue weighted by Gasteiger charge is 2.47. The Morgan fingerprint density at radius 2 is 1.91 bits per heavy atom. The van der Waals surface area contributed by atoms with Crippen molar-refractivity contribution < 1.29 is 4.79 Å². The Morgan fingerprint density at radius 3 is 2.50 bits per heavy atom. The molecule has 2 unspecified atom stereocenters. The van der Waals surface area contributed by atoms with Gasteiger partial charge in [0.2, 0.25) is 5.91 Å². The first-order chi connectivity index (χ1) is 16.3. The highest BCUT2D eigenvalue weighted by molar-refractivity contribution is 7.80. The van der Waals surface area contributed by atoms with Crippen LogP contribution in [0.5, 0.6) is 0 Å². The van der Waals surface area contributed by atoms with E-state index < -0.39 is 11.5 Å². The van der Waals surface area contributed by atoms with Gasteiger partial charge in [-0.05, 0) is 60.5 Å². The SMILES string of the molecule is CC(C)C(C(=O)Nc1ccc(C2=NCCN2C)cc1)C1(C(=S)Nc2cccc(Cl)c2)C=CC=N1. The molecule has 0 saturated heterocycles. The first-order valence-corrected chi connectivity index (χ1v) is 12.1. The number of amidine groups is 1. The lowest BCUT2D eigenvalue weighted by Crippen LogP contribution is -2.51. The molecule has 0 aliphatic carbocycles. The van der Waals surface area contributed by atoms with E-state index in [2.05, 4.69) is 25.5 Å². The van der Waals surface area contributed by atoms with E-state index in [1.165, 1.54) is 0 Å². The summed E-state index contributed by atoms with van der Waals surface area (Å²) in [6.07, 6.45) is 5.43. The summed E-state index contributed by atoms with van der Waals surface area (Å²) >= 11 is 11.9. The van der Waals surface area contributed by atoms with Crippen LogP contribution in [-0.2, 0) is 4.79 Å². The van der Waals surface area contributed by atoms with E-state index in [0.717, 1.165) is 35.9 Å². The Balaban J connectivity index is 1.55. The molecule has 0 fully saturated rings. The predicted molar refractivity (Wildman–Crippen MR) is 145 cm³/mol. The number of anilines is 2. The summed E-state index contributed by atoms with van der Waals surface area (Å²) in [5.74, 6) is 0.281. The van der Waals surface area contributed by atoms with Crippen LogP contribution in [0.2, 0.25) is 5.02 Å². The van der Waals surface area contributed by atoms with Gasteiger partial charge in [0.15, 0.2) is 0 Å². The number of amides is 1. The van der Waals surface area contributed by atoms with Gasteiger partial charge < -0.3 is 15.5 Å². The number of benzene rings is 2. The maximum absolute atomic E-state index is 13.6. The van der Waals surface area contributed by atoms with Gasteiger partial charge in [0.05, 0.1) is 12.5 Å². The molecule has 0 saturated carbocycles. The average molecular weight is 494 g/mol. The van der Waals surface area contributed by atoms with E-state index in [-0.39, 0.29) is 11.8 Å². The Labute approximate surface area is 210 Å². The van der Waals surface area contributed by atoms with Gasteiger partial charge in [0, 0.05) is 41.8 Å². The van der Waals surface area contributed by atoms with Gasteiger partial charge in [-0.2, -0.15) is 0 Å². The van der Waals surface area contributed by atoms with E-state index >= 15 is 0 Å². The van der Waals surface area contributed by atoms with Crippen molar-refractivity contribution in [2.24, 2.45) is 21.8 Å². The van der Waals surface area contributed by atoms with Crippen molar-refractivity contribution in [1.29, 1.82) is 0 Å². The lowest BCUT2D eigenvalue weighted by atomic mass is 9.76. The summed E-state index contributed by atoms with van der Waals surface area (Å²) in [5, 5.41) is 6.92. The van der Waals surface area contributed by atoms with Crippen molar-refractivity contribution in [2.45, 2.75) is 19.4 Å². The number of nitrogens with one attached hydrogen (secondary N) is 2. The minimum atomic E-state index is -0.989. The molecule has 0 radical (unpaired) electrons. The molecule has 0 spiro atoms. The predicted octanol–water partition coefficient (Wildman–Crippen LogP) is 5.06. The topological polar surface area (TPSA) is 69.1 Å². The first kappa shape index (κ1) is 24.1. The van der Waals surface area contributed by atoms with Crippen LogP contribution < -0.4 is 10.6 Å². The van der Waals surface area contributed by atoms with Gasteiger partial charge in [-0.25, -0.2) is 0 Å². The van der Waals surface area contributed by atoms with Crippen molar-refractivity contribution in [3.8, 4) is 0 Å². The quantitative estimate of drug-likeness (QED) is 0.529. The van der Waals surface area contributed by atoms with Crippen molar-refractivity contribution in [1.82, 2.24) is 4.90 Å². The Hall–Kier alpha value is -3.03. The molecule has 8 heteroatoms. The zero-order valence-electron chi connectivity index (χ0n) is 19.5. The van der Waals surface area contributed by atoms with Crippen molar-refractivity contribution in [3.63, 3.8) is 0 Å². The fraction of sp³-hybridized carbons (Fsp3) is 0.308. The third-order valence-electron chi connectivity index (χ3n) is 6.06. The van der Waals surface area contributed by atoms with Gasteiger partial charge >= 0.3 is 0 Å². The van der Waals surface area contributed by atoms with Gasteiger partial charge in [0.25, 0.3) is 0 Å². The van der Waals surface area contributed by atoms with Gasteiger partial charge in [-0.15, -0.1) is 0 Å². The molecule has 6 nitrogen and oxygen atoms in total. The minimum absolute atomic E-state index is 0.0280. The van der Waals surface area contributed by atoms with Crippen LogP contribution in [0, 0.1) is 11.8 Å². The highest BCUT2D eigenvalue weighted by atomic mass is 35.5. The number of likely N-dealkylation sites (N-methyl/N-ethyl adjacent to an activating group) is 1. The average Bonchev–Trinajstić information content (AvgIpc) is 3.44. The Morgan fingerprint density at radius 1 is 1.15 bits per heavy atom. The third-order valence-corrected chi connectivity index (χ3v) is 6.73. The molecular weight excluding hydrogens is 466 g/mol. The molecule has 2 atom stereocenters. The number of nitrogens with zero attached hydrogens (tertiary/aromatic N) is 3. The van der Waals surface area contributed by atoms with E-state index in [4.69, 9.17) is 23.8 Å². The van der Waals surface area contributed by atoms with Crippen LogP contribution in [0.1, 0.15) is 19.4 Å². The fourth-order valence-corrected chi connectivity index (χ4v) is 4.99. The van der Waals surface area contributed by atoms with E-state index in [0.29, 0.717) is 10.0 Å². The number of hydrogen-bond acceptors (Lipinski definition) is 5. The molecule has 2 aliphatic rings. The highest BCUT2D eigenvalue weighted by Crippen LogP contribution is 2.36. The number of aliphatic imine (C=N–C) groups is 2. The van der Waals surface area contributed by atoms with Crippen LogP contribution in [0.3, 0.4) is 0 Å². The molecular formula is C26H28ClN5OS. The van der Waals surface area contributed by atoms with Gasteiger partial charge in [-0.3, -0.25) is 14.8 Å². The van der Waals surface area contributed by atoms with Crippen molar-refractivity contribution >= 4 is 58.1 Å². The third kappa shape index (κ3) is 4.91. The smallest absolute Gasteiger partial charge is 0.230 e. The Kier molecular flexibility index (Phi) is 7.14. The molecule has 2 aliphatic heterocycles. The summed E-state index contributed by atoms with van der Waals surface area (Å²) in [4.78, 5) is 25.4. The van der Waals surface area contributed by atoms with Crippen LogP contribution in [0.4, 0.5) is 11.4 Å². The maximum atomic E-state index is 13.6. The summed E-state index contributed by atoms with van der Waals surface area (Å²) in [5.41, 5.74) is 1.52. The zero-order chi connectivity index (χ0) is 24.3. The summed E-state index contributed by atoms with van der Waals surface area (Å²) in [6.45, 7) is 5.74. The molecule has 2 heterocycles. The maximum Gasteiger partial charge on any atom is 0.230 e. The lowest BCUT2D eigenvalue weighted by Gasteiger charge is -2.36. The molecule has 34 heavy (non-hydrogen) atoms. The number of halogens is 1. The largest absolute Gasteiger partial charge is 0.358 e. The van der Waals surface area contributed by atoms with Gasteiger partial charge in [0.1, 0.15) is 16.4 Å². The van der Waals surface area contributed by atoms with Crippen molar-refractivity contribution in [3.05, 3.63) is 71.3 Å². The van der Waals surface area contributed by atoms with E-state index in [9.17, 15) is 4.79 Å². The van der Waals surface area contributed by atoms with Crippen LogP contribution in [-0.4, -0.2) is 53.5 Å². The normalized spacial score (nSPS) is 19.9. The standard InChI is InChI=1S/C26H28ClN5OS/c1-17(2)22(24(33)30-20-10-8-18(9-11-20)23-28-14-15-32(23)3)26(12-5-13-29-26)25(34)31-21-7-4-6-19(27)16-21/h4-13,16-17,22H,14-15H2,1-3H3,(H,30,33)(H,31,34). The number of carbonyl (C=O) groups excluding carboxylic acids is 1. The van der Waals surface area contributed by atoms with Gasteiger partial charge in [-0.1, -0.05) is 43.7 Å². The number of allylic oxidation sites excluding steroid dienone is 1. The molecule has 1 amide bonds. The number of hydrogen-bond donors (Lipinski definition) is 2. The first-order valence-electron chi connectivity index (χ1n) is 11.3. The molecule has 0 aromatic heterocycles. The van der Waals surface area contributed by atoms with Crippen LogP contribution in [0.15, 0.2) is 70.7 Å². The van der Waals surface area contributed by atoms with E-state index in [1.807, 2.05) is 69.4 Å². The summed E-state index contributed by atoms with van der Waals surface area (Å²) in [6, 6.07) is 15.1. The minimum Gasteiger partial charge on any atom is -0.358 e. The number of thiocarbonyl (C=S) groups is 1. The van der Waals surface area contributed by atoms with E-state index in [1.54, 1.807) is 18.3 Å². The summed E-state index contributed by atoms with van der Waals surface area (Å²) < 4.78 is 0. The molecule has 4 rings (SSSR count). The fourth-order valence-electron chi connectivity index (χ4n) is 4.43. The Bertz CT molecular complexity index is 1160. The lowest BCUT2D eigenvalue weighted by molar-refractivity contribution is -0.121. The molecule has 176 valence electrons. The molecule has 0 bridgehead atoms. The monoisotopic (exact) mass is 493 g/mol. The van der Waals surface area contributed by atoms with Crippen LogP contribution in [0.25, 0.3) is 0 Å². The van der Waals surface area contributed by atoms with Crippen LogP contribution >= 0.6 is 23.8 Å². The molecule has 2 aromatic rings. The summed E-state index contributed by atoms with van der Waals surface area (Å²) in [7, 11) is 2.03. The zero-order valence-corrected chi connectivity index (χ0v) is 21.0. The molecule has 2 N–H and O–H groups in total. The molecule has 2 aromatic carbocycles. The van der Waals surface area contributed by atoms with Crippen molar-refractivity contribution in [2.75, 3.05) is 30.8 Å². The second-order valence-corrected chi connectivity index (χ2v) is 9.69. The second-order valence-electron chi connectivity index (χ2n) is 8.84. The number of carbonyl (C=O) groups is 1. The second kappa shape index (κ2) is 10.1. The number of rotatable bonds is 7.